The van der Waals surface area contributed by atoms with Crippen molar-refractivity contribution >= 4 is 6.09 Å². The van der Waals surface area contributed by atoms with Gasteiger partial charge >= 0.3 is 6.09 Å². The Morgan fingerprint density at radius 3 is 2.71 bits per heavy atom. The van der Waals surface area contributed by atoms with Gasteiger partial charge in [-0.15, -0.1) is 0 Å². The van der Waals surface area contributed by atoms with Crippen molar-refractivity contribution in [3.05, 3.63) is 0 Å². The number of aliphatic hydroxyl groups excluding tert-OH is 3. The number of carbonyl (C=O) groups is 1. The maximum atomic E-state index is 10.8. The minimum atomic E-state index is -1.42. The van der Waals surface area contributed by atoms with E-state index in [-0.39, 0.29) is 13.2 Å². The SMILES string of the molecule is O=C1NC2(CO1)OCC(O)C(O)C2O. The Kier molecular flexibility index (Phi) is 2.11. The first-order valence-corrected chi connectivity index (χ1v) is 4.18. The highest BCUT2D eigenvalue weighted by molar-refractivity contribution is 5.70. The van der Waals surface area contributed by atoms with Gasteiger partial charge in [-0.1, -0.05) is 0 Å². The smallest absolute Gasteiger partial charge is 0.409 e. The van der Waals surface area contributed by atoms with Crippen LogP contribution in [0.4, 0.5) is 4.79 Å². The van der Waals surface area contributed by atoms with Gasteiger partial charge in [-0.3, -0.25) is 5.32 Å². The van der Waals surface area contributed by atoms with Crippen molar-refractivity contribution < 1.29 is 29.6 Å². The number of aliphatic hydroxyl groups is 3. The Morgan fingerprint density at radius 2 is 2.14 bits per heavy atom. The van der Waals surface area contributed by atoms with Crippen LogP contribution in [0.25, 0.3) is 0 Å². The van der Waals surface area contributed by atoms with Gasteiger partial charge in [0.05, 0.1) is 6.61 Å². The fourth-order valence-corrected chi connectivity index (χ4v) is 1.56. The van der Waals surface area contributed by atoms with Crippen LogP contribution in [0.5, 0.6) is 0 Å². The van der Waals surface area contributed by atoms with Crippen molar-refractivity contribution in [1.82, 2.24) is 5.32 Å². The van der Waals surface area contributed by atoms with Crippen LogP contribution in [0.3, 0.4) is 0 Å². The third-order valence-electron chi connectivity index (χ3n) is 2.44. The molecule has 1 amide bonds. The summed E-state index contributed by atoms with van der Waals surface area (Å²) in [7, 11) is 0. The van der Waals surface area contributed by atoms with Crippen molar-refractivity contribution in [1.29, 1.82) is 0 Å². The molecule has 2 fully saturated rings. The van der Waals surface area contributed by atoms with Crippen LogP contribution in [0, 0.1) is 0 Å². The minimum absolute atomic E-state index is 0.165. The lowest BCUT2D eigenvalue weighted by Crippen LogP contribution is -2.66. The lowest BCUT2D eigenvalue weighted by molar-refractivity contribution is -0.241. The molecule has 4 N–H and O–H groups in total. The van der Waals surface area contributed by atoms with Gasteiger partial charge in [0.2, 0.25) is 5.72 Å². The van der Waals surface area contributed by atoms with Gasteiger partial charge in [-0.2, -0.15) is 0 Å². The first kappa shape index (κ1) is 9.66. The molecule has 0 aromatic rings. The molecule has 0 saturated carbocycles. The molecule has 2 rings (SSSR count). The van der Waals surface area contributed by atoms with Gasteiger partial charge < -0.3 is 24.8 Å². The number of amides is 1. The summed E-state index contributed by atoms with van der Waals surface area (Å²) in [6, 6.07) is 0. The predicted octanol–water partition coefficient (Wildman–Crippen LogP) is -2.46. The van der Waals surface area contributed by atoms with Crippen LogP contribution in [0.15, 0.2) is 0 Å². The van der Waals surface area contributed by atoms with E-state index in [1.54, 1.807) is 0 Å². The van der Waals surface area contributed by atoms with Crippen LogP contribution in [-0.4, -0.2) is 58.7 Å². The molecule has 4 atom stereocenters. The summed E-state index contributed by atoms with van der Waals surface area (Å²) < 4.78 is 9.65. The number of hydrogen-bond acceptors (Lipinski definition) is 6. The molecule has 80 valence electrons. The summed E-state index contributed by atoms with van der Waals surface area (Å²) in [5, 5.41) is 30.4. The third-order valence-corrected chi connectivity index (χ3v) is 2.44. The first-order chi connectivity index (χ1) is 6.55. The molecule has 0 radical (unpaired) electrons. The summed E-state index contributed by atoms with van der Waals surface area (Å²) in [6.45, 7) is -0.349. The molecule has 14 heavy (non-hydrogen) atoms. The second-order valence-electron chi connectivity index (χ2n) is 3.40. The Balaban J connectivity index is 2.17. The lowest BCUT2D eigenvalue weighted by atomic mass is 9.95. The highest BCUT2D eigenvalue weighted by Crippen LogP contribution is 2.27. The Bertz CT molecular complexity index is 259. The predicted molar refractivity (Wildman–Crippen MR) is 41.2 cm³/mol. The molecule has 2 heterocycles. The van der Waals surface area contributed by atoms with Crippen LogP contribution in [0.2, 0.25) is 0 Å². The quantitative estimate of drug-likeness (QED) is 0.349. The van der Waals surface area contributed by atoms with E-state index in [2.05, 4.69) is 10.1 Å². The average Bonchev–Trinajstić information content (AvgIpc) is 2.53. The number of hydrogen-bond donors (Lipinski definition) is 4. The van der Waals surface area contributed by atoms with E-state index in [9.17, 15) is 15.0 Å². The fourth-order valence-electron chi connectivity index (χ4n) is 1.56. The molecule has 7 nitrogen and oxygen atoms in total. The van der Waals surface area contributed by atoms with Crippen LogP contribution < -0.4 is 5.32 Å². The largest absolute Gasteiger partial charge is 0.444 e. The number of rotatable bonds is 0. The summed E-state index contributed by atoms with van der Waals surface area (Å²) in [5.74, 6) is 0. The van der Waals surface area contributed by atoms with Gasteiger partial charge in [0.1, 0.15) is 24.9 Å². The van der Waals surface area contributed by atoms with Gasteiger partial charge in [0.15, 0.2) is 0 Å². The molecule has 0 aromatic carbocycles. The van der Waals surface area contributed by atoms with Gasteiger partial charge in [0, 0.05) is 0 Å². The van der Waals surface area contributed by atoms with Crippen LogP contribution >= 0.6 is 0 Å². The number of nitrogens with one attached hydrogen (secondary N) is 1. The second-order valence-corrected chi connectivity index (χ2v) is 3.40. The van der Waals surface area contributed by atoms with E-state index in [1.165, 1.54) is 0 Å². The standard InChI is InChI=1S/C7H11NO6/c9-3-1-14-7(5(11)4(3)10)2-13-6(12)8-7/h3-5,9-11H,1-2H2,(H,8,12). The van der Waals surface area contributed by atoms with Crippen molar-refractivity contribution in [3.63, 3.8) is 0 Å². The zero-order chi connectivity index (χ0) is 10.3. The summed E-state index contributed by atoms with van der Waals surface area (Å²) in [6.07, 6.45) is -4.63. The molecule has 4 unspecified atom stereocenters. The topological polar surface area (TPSA) is 108 Å². The molecule has 1 spiro atoms. The monoisotopic (exact) mass is 205 g/mol. The van der Waals surface area contributed by atoms with Crippen molar-refractivity contribution in [3.8, 4) is 0 Å². The van der Waals surface area contributed by atoms with E-state index in [0.717, 1.165) is 0 Å². The van der Waals surface area contributed by atoms with Crippen LogP contribution in [-0.2, 0) is 9.47 Å². The fraction of sp³-hybridized carbons (Fsp3) is 0.857. The van der Waals surface area contributed by atoms with Crippen LogP contribution in [0.1, 0.15) is 0 Å². The van der Waals surface area contributed by atoms with E-state index >= 15 is 0 Å². The van der Waals surface area contributed by atoms with Gasteiger partial charge in [0.25, 0.3) is 0 Å². The highest BCUT2D eigenvalue weighted by atomic mass is 16.6. The molecule has 2 aliphatic rings. The second kappa shape index (κ2) is 3.06. The zero-order valence-electron chi connectivity index (χ0n) is 7.21. The highest BCUT2D eigenvalue weighted by Gasteiger charge is 2.54. The van der Waals surface area contributed by atoms with Gasteiger partial charge in [-0.25, -0.2) is 4.79 Å². The van der Waals surface area contributed by atoms with E-state index in [1.807, 2.05) is 0 Å². The number of ether oxygens (including phenoxy) is 2. The molecule has 0 aliphatic carbocycles. The molecule has 0 bridgehead atoms. The first-order valence-electron chi connectivity index (χ1n) is 4.18. The van der Waals surface area contributed by atoms with Crippen molar-refractivity contribution in [2.45, 2.75) is 24.0 Å². The normalized spacial score (nSPS) is 47.6. The molecular weight excluding hydrogens is 194 g/mol. The molecular formula is C7H11NO6. The molecule has 2 aliphatic heterocycles. The van der Waals surface area contributed by atoms with Gasteiger partial charge in [-0.05, 0) is 0 Å². The van der Waals surface area contributed by atoms with Crippen molar-refractivity contribution in [2.75, 3.05) is 13.2 Å². The number of alkyl carbamates (subject to hydrolysis) is 1. The lowest BCUT2D eigenvalue weighted by Gasteiger charge is -2.40. The molecule has 0 aromatic heterocycles. The number of carbonyl (C=O) groups excluding carboxylic acids is 1. The number of cyclic esters (lactones) is 1. The maximum absolute atomic E-state index is 10.8. The summed E-state index contributed by atoms with van der Waals surface area (Å²) >= 11 is 0. The maximum Gasteiger partial charge on any atom is 0.409 e. The average molecular weight is 205 g/mol. The Morgan fingerprint density at radius 1 is 1.43 bits per heavy atom. The Hall–Kier alpha value is -0.890. The molecule has 7 heteroatoms. The van der Waals surface area contributed by atoms with E-state index in [4.69, 9.17) is 9.84 Å². The Labute approximate surface area is 79.2 Å². The van der Waals surface area contributed by atoms with Crippen molar-refractivity contribution in [2.24, 2.45) is 0 Å². The summed E-state index contributed by atoms with van der Waals surface area (Å²) in [4.78, 5) is 10.8. The van der Waals surface area contributed by atoms with E-state index in [0.29, 0.717) is 0 Å². The zero-order valence-corrected chi connectivity index (χ0v) is 7.21. The minimum Gasteiger partial charge on any atom is -0.444 e. The third kappa shape index (κ3) is 1.25. The van der Waals surface area contributed by atoms with E-state index < -0.39 is 30.1 Å². The summed E-state index contributed by atoms with van der Waals surface area (Å²) in [5.41, 5.74) is -1.42. The molecule has 2 saturated heterocycles.